The lowest BCUT2D eigenvalue weighted by Crippen LogP contribution is -2.52. The van der Waals surface area contributed by atoms with E-state index in [9.17, 15) is 13.5 Å². The van der Waals surface area contributed by atoms with Gasteiger partial charge in [-0.2, -0.15) is 8.42 Å². The molecule has 0 bridgehead atoms. The van der Waals surface area contributed by atoms with Gasteiger partial charge in [-0.3, -0.25) is 4.18 Å². The summed E-state index contributed by atoms with van der Waals surface area (Å²) in [6, 6.07) is 0. The summed E-state index contributed by atoms with van der Waals surface area (Å²) >= 11 is 0. The van der Waals surface area contributed by atoms with Crippen molar-refractivity contribution in [2.24, 2.45) is 0 Å². The summed E-state index contributed by atoms with van der Waals surface area (Å²) in [4.78, 5) is 0. The van der Waals surface area contributed by atoms with Gasteiger partial charge in [0.25, 0.3) is 10.1 Å². The zero-order chi connectivity index (χ0) is 13.3. The Hall–Kier alpha value is -0.170. The fourth-order valence-electron chi connectivity index (χ4n) is 2.20. The van der Waals surface area contributed by atoms with Gasteiger partial charge in [0.15, 0.2) is 0 Å². The van der Waals surface area contributed by atoms with Crippen LogP contribution in [0.3, 0.4) is 0 Å². The average Bonchev–Trinajstić information content (AvgIpc) is 2.10. The minimum atomic E-state index is -3.53. The van der Waals surface area contributed by atoms with E-state index in [1.165, 1.54) is 0 Å². The molecule has 6 heteroatoms. The third kappa shape index (κ3) is 4.54. The van der Waals surface area contributed by atoms with E-state index in [0.717, 1.165) is 19.1 Å². The topological polar surface area (TPSA) is 72.8 Å². The molecule has 0 unspecified atom stereocenters. The maximum Gasteiger partial charge on any atom is 0.264 e. The van der Waals surface area contributed by atoms with Gasteiger partial charge in [0, 0.05) is 0 Å². The molecule has 1 rings (SSSR count). The van der Waals surface area contributed by atoms with Gasteiger partial charge >= 0.3 is 0 Å². The average molecular weight is 266 g/mol. The van der Waals surface area contributed by atoms with Gasteiger partial charge in [-0.25, -0.2) is 0 Å². The van der Waals surface area contributed by atoms with Gasteiger partial charge in [0.05, 0.1) is 24.1 Å². The van der Waals surface area contributed by atoms with Crippen LogP contribution in [0.4, 0.5) is 0 Å². The van der Waals surface area contributed by atoms with Crippen molar-refractivity contribution in [3.05, 3.63) is 0 Å². The lowest BCUT2D eigenvalue weighted by atomic mass is 9.84. The minimum absolute atomic E-state index is 0.259. The van der Waals surface area contributed by atoms with Crippen molar-refractivity contribution in [2.45, 2.75) is 57.3 Å². The molecule has 102 valence electrons. The van der Waals surface area contributed by atoms with Crippen molar-refractivity contribution < 1.29 is 22.4 Å². The molecule has 1 aliphatic rings. The predicted octanol–water partition coefficient (Wildman–Crippen LogP) is 1.06. The molecule has 2 atom stereocenters. The quantitative estimate of drug-likeness (QED) is 0.770. The van der Waals surface area contributed by atoms with Crippen molar-refractivity contribution in [3.8, 4) is 0 Å². The van der Waals surface area contributed by atoms with Gasteiger partial charge in [0.2, 0.25) is 0 Å². The molecule has 1 saturated heterocycles. The normalized spacial score (nSPS) is 31.1. The van der Waals surface area contributed by atoms with E-state index >= 15 is 0 Å². The Balaban J connectivity index is 2.63. The molecular formula is C11H22O5S. The largest absolute Gasteiger partial charge is 0.388 e. The van der Waals surface area contributed by atoms with Crippen LogP contribution >= 0.6 is 0 Å². The Morgan fingerprint density at radius 2 is 1.94 bits per heavy atom. The third-order valence-electron chi connectivity index (χ3n) is 3.11. The lowest BCUT2D eigenvalue weighted by molar-refractivity contribution is -0.212. The summed E-state index contributed by atoms with van der Waals surface area (Å²) in [5.74, 6) is 0. The van der Waals surface area contributed by atoms with E-state index < -0.39 is 21.8 Å². The molecule has 1 fully saturated rings. The van der Waals surface area contributed by atoms with Crippen molar-refractivity contribution in [1.82, 2.24) is 0 Å². The highest BCUT2D eigenvalue weighted by Gasteiger charge is 2.42. The molecule has 0 radical (unpaired) electrons. The molecule has 1 heterocycles. The predicted molar refractivity (Wildman–Crippen MR) is 64.2 cm³/mol. The van der Waals surface area contributed by atoms with E-state index in [4.69, 9.17) is 4.74 Å². The fraction of sp³-hybridized carbons (Fsp3) is 1.00. The molecule has 0 spiro atoms. The number of aliphatic hydroxyl groups excluding tert-OH is 1. The van der Waals surface area contributed by atoms with Crippen LogP contribution in [0.5, 0.6) is 0 Å². The Kier molecular flexibility index (Phi) is 4.24. The van der Waals surface area contributed by atoms with Crippen LogP contribution in [-0.2, 0) is 19.0 Å². The number of hydrogen-bond donors (Lipinski definition) is 1. The zero-order valence-electron chi connectivity index (χ0n) is 10.9. The van der Waals surface area contributed by atoms with Crippen LogP contribution in [0.1, 0.15) is 40.0 Å². The van der Waals surface area contributed by atoms with E-state index in [2.05, 4.69) is 4.18 Å². The minimum Gasteiger partial charge on any atom is -0.388 e. The Labute approximate surface area is 103 Å². The smallest absolute Gasteiger partial charge is 0.264 e. The lowest BCUT2D eigenvalue weighted by Gasteiger charge is -2.45. The molecule has 0 aromatic heterocycles. The standard InChI is InChI=1S/C11H22O5S/c1-10(2)6-5-7-11(3,16-10)9(12)8-15-17(4,13)14/h9,12H,5-8H2,1-4H3/t9-,11+/m1/s1. The summed E-state index contributed by atoms with van der Waals surface area (Å²) in [5.41, 5.74) is -1.04. The Bertz CT molecular complexity index is 362. The van der Waals surface area contributed by atoms with Gasteiger partial charge < -0.3 is 9.84 Å². The molecule has 1 aliphatic heterocycles. The Morgan fingerprint density at radius 1 is 1.35 bits per heavy atom. The summed E-state index contributed by atoms with van der Waals surface area (Å²) in [6.45, 7) is 5.47. The molecule has 0 aromatic carbocycles. The third-order valence-corrected chi connectivity index (χ3v) is 3.67. The molecule has 0 saturated carbocycles. The fourth-order valence-corrected chi connectivity index (χ4v) is 2.57. The maximum atomic E-state index is 10.9. The van der Waals surface area contributed by atoms with Crippen molar-refractivity contribution in [2.75, 3.05) is 12.9 Å². The summed E-state index contributed by atoms with van der Waals surface area (Å²) in [7, 11) is -3.53. The van der Waals surface area contributed by atoms with Gasteiger partial charge in [-0.05, 0) is 40.0 Å². The zero-order valence-corrected chi connectivity index (χ0v) is 11.7. The number of ether oxygens (including phenoxy) is 1. The van der Waals surface area contributed by atoms with Crippen LogP contribution in [0.25, 0.3) is 0 Å². The van der Waals surface area contributed by atoms with Crippen LogP contribution in [0.2, 0.25) is 0 Å². The highest BCUT2D eigenvalue weighted by atomic mass is 32.2. The number of hydrogen-bond acceptors (Lipinski definition) is 5. The number of aliphatic hydroxyl groups is 1. The molecular weight excluding hydrogens is 244 g/mol. The molecule has 0 amide bonds. The first kappa shape index (κ1) is 14.9. The molecule has 0 aliphatic carbocycles. The summed E-state index contributed by atoms with van der Waals surface area (Å²) < 4.78 is 32.2. The van der Waals surface area contributed by atoms with Crippen LogP contribution in [0.15, 0.2) is 0 Å². The highest BCUT2D eigenvalue weighted by molar-refractivity contribution is 7.85. The van der Waals surface area contributed by atoms with E-state index in [1.807, 2.05) is 13.8 Å². The molecule has 0 aromatic rings. The van der Waals surface area contributed by atoms with E-state index in [0.29, 0.717) is 6.42 Å². The van der Waals surface area contributed by atoms with Gasteiger partial charge in [-0.1, -0.05) is 0 Å². The van der Waals surface area contributed by atoms with Gasteiger partial charge in [-0.15, -0.1) is 0 Å². The number of rotatable bonds is 4. The second kappa shape index (κ2) is 4.84. The SMILES string of the molecule is CC1(C)CCC[C@@](C)([C@H](O)COS(C)(=O)=O)O1. The molecule has 1 N–H and O–H groups in total. The monoisotopic (exact) mass is 266 g/mol. The van der Waals surface area contributed by atoms with Crippen LogP contribution < -0.4 is 0 Å². The van der Waals surface area contributed by atoms with Crippen LogP contribution in [0, 0.1) is 0 Å². The summed E-state index contributed by atoms with van der Waals surface area (Å²) in [6.07, 6.45) is 2.59. The van der Waals surface area contributed by atoms with Gasteiger partial charge in [0.1, 0.15) is 6.10 Å². The molecule has 17 heavy (non-hydrogen) atoms. The second-order valence-electron chi connectivity index (χ2n) is 5.53. The van der Waals surface area contributed by atoms with Crippen molar-refractivity contribution in [1.29, 1.82) is 0 Å². The van der Waals surface area contributed by atoms with E-state index in [-0.39, 0.29) is 12.2 Å². The first-order valence-electron chi connectivity index (χ1n) is 5.77. The highest BCUT2D eigenvalue weighted by Crippen LogP contribution is 2.37. The first-order chi connectivity index (χ1) is 7.54. The Morgan fingerprint density at radius 3 is 2.41 bits per heavy atom. The maximum absolute atomic E-state index is 10.9. The first-order valence-corrected chi connectivity index (χ1v) is 7.58. The van der Waals surface area contributed by atoms with Crippen molar-refractivity contribution >= 4 is 10.1 Å². The van der Waals surface area contributed by atoms with E-state index in [1.54, 1.807) is 6.92 Å². The molecule has 5 nitrogen and oxygen atoms in total. The van der Waals surface area contributed by atoms with Crippen molar-refractivity contribution in [3.63, 3.8) is 0 Å². The van der Waals surface area contributed by atoms with Crippen LogP contribution in [-0.4, -0.2) is 43.7 Å². The summed E-state index contributed by atoms with van der Waals surface area (Å²) in [5, 5.41) is 10.0. The second-order valence-corrected chi connectivity index (χ2v) is 7.18.